The van der Waals surface area contributed by atoms with Gasteiger partial charge in [-0.1, -0.05) is 0 Å². The van der Waals surface area contributed by atoms with Gasteiger partial charge < -0.3 is 14.5 Å². The molecule has 0 aromatic carbocycles. The summed E-state index contributed by atoms with van der Waals surface area (Å²) in [4.78, 5) is 13.2. The summed E-state index contributed by atoms with van der Waals surface area (Å²) in [5.74, 6) is 0.889. The van der Waals surface area contributed by atoms with Crippen LogP contribution >= 0.6 is 15.9 Å². The minimum atomic E-state index is 0.722. The lowest BCUT2D eigenvalue weighted by Gasteiger charge is -2.27. The molecule has 3 rings (SSSR count). The zero-order valence-electron chi connectivity index (χ0n) is 13.0. The molecule has 2 aromatic rings. The number of ether oxygens (including phenoxy) is 1. The lowest BCUT2D eigenvalue weighted by atomic mass is 10.3. The van der Waals surface area contributed by atoms with E-state index in [1.54, 1.807) is 6.34 Å². The number of aromatic nitrogens is 3. The Bertz CT molecular complexity index is 705. The molecule has 1 fully saturated rings. The highest BCUT2D eigenvalue weighted by Crippen LogP contribution is 2.28. The number of aryl methyl sites for hydroxylation is 1. The third kappa shape index (κ3) is 2.93. The average Bonchev–Trinajstić information content (AvgIpc) is 2.81. The minimum Gasteiger partial charge on any atom is -0.378 e. The Morgan fingerprint density at radius 1 is 1.36 bits per heavy atom. The van der Waals surface area contributed by atoms with Crippen LogP contribution in [-0.2, 0) is 4.74 Å². The number of rotatable bonds is 3. The van der Waals surface area contributed by atoms with Crippen LogP contribution in [0, 0.1) is 6.92 Å². The van der Waals surface area contributed by atoms with Gasteiger partial charge in [0.25, 0.3) is 0 Å². The summed E-state index contributed by atoms with van der Waals surface area (Å²) in [6, 6.07) is 1.99. The van der Waals surface area contributed by atoms with Gasteiger partial charge in [-0.2, -0.15) is 0 Å². The van der Waals surface area contributed by atoms with Crippen LogP contribution in [0.3, 0.4) is 0 Å². The molecule has 1 aliphatic heterocycles. The van der Waals surface area contributed by atoms with Gasteiger partial charge in [-0.3, -0.25) is 0 Å². The number of hydrogen-bond acceptors (Lipinski definition) is 5. The van der Waals surface area contributed by atoms with Gasteiger partial charge in [0.05, 0.1) is 25.2 Å². The molecule has 8 heteroatoms. The third-order valence-electron chi connectivity index (χ3n) is 3.42. The van der Waals surface area contributed by atoms with Crippen molar-refractivity contribution in [2.45, 2.75) is 6.92 Å². The monoisotopic (exact) mass is 366 g/mol. The summed E-state index contributed by atoms with van der Waals surface area (Å²) in [5, 5.41) is 4.70. The molecule has 0 spiro atoms. The molecular weight excluding hydrogens is 348 g/mol. The highest BCUT2D eigenvalue weighted by Gasteiger charge is 2.18. The minimum absolute atomic E-state index is 0.722. The smallest absolute Gasteiger partial charge is 0.181 e. The quantitative estimate of drug-likeness (QED) is 0.612. The predicted molar refractivity (Wildman–Crippen MR) is 90.3 cm³/mol. The first-order valence-electron chi connectivity index (χ1n) is 7.15. The second-order valence-electron chi connectivity index (χ2n) is 5.42. The molecule has 0 saturated carbocycles. The molecule has 1 saturated heterocycles. The first kappa shape index (κ1) is 15.2. The number of nitrogens with zero attached hydrogens (tertiary/aromatic N) is 6. The third-order valence-corrected chi connectivity index (χ3v) is 4.33. The van der Waals surface area contributed by atoms with Crippen molar-refractivity contribution < 1.29 is 4.74 Å². The van der Waals surface area contributed by atoms with Gasteiger partial charge >= 0.3 is 0 Å². The van der Waals surface area contributed by atoms with Gasteiger partial charge in [-0.25, -0.2) is 14.5 Å². The number of morpholine rings is 1. The van der Waals surface area contributed by atoms with Crippen LogP contribution in [0.15, 0.2) is 15.7 Å². The summed E-state index contributed by atoms with van der Waals surface area (Å²) in [6.07, 6.45) is 1.77. The van der Waals surface area contributed by atoms with Crippen molar-refractivity contribution in [3.8, 4) is 0 Å². The molecule has 0 N–H and O–H groups in total. The van der Waals surface area contributed by atoms with E-state index in [4.69, 9.17) is 9.84 Å². The van der Waals surface area contributed by atoms with Crippen molar-refractivity contribution >= 4 is 39.4 Å². The van der Waals surface area contributed by atoms with Gasteiger partial charge in [0.1, 0.15) is 10.3 Å². The molecule has 7 nitrogen and oxygen atoms in total. The lowest BCUT2D eigenvalue weighted by molar-refractivity contribution is 0.122. The highest BCUT2D eigenvalue weighted by atomic mass is 79.9. The van der Waals surface area contributed by atoms with E-state index in [1.165, 1.54) is 0 Å². The summed E-state index contributed by atoms with van der Waals surface area (Å²) < 4.78 is 8.08. The summed E-state index contributed by atoms with van der Waals surface area (Å²) in [5.41, 5.74) is 2.45. The van der Waals surface area contributed by atoms with Gasteiger partial charge in [-0.15, -0.1) is 5.10 Å². The Kier molecular flexibility index (Phi) is 4.30. The standard InChI is InChI=1S/C14H19BrN6O/c1-10-13(15)21-14(17-10)11(16-9-19(2)3)8-12(18-21)20-4-6-22-7-5-20/h8-9H,4-7H2,1-3H3/b16-9+. The number of fused-ring (bicyclic) bond motifs is 1. The van der Waals surface area contributed by atoms with Crippen molar-refractivity contribution in [1.29, 1.82) is 0 Å². The van der Waals surface area contributed by atoms with E-state index in [0.29, 0.717) is 0 Å². The topological polar surface area (TPSA) is 58.3 Å². The van der Waals surface area contributed by atoms with Crippen molar-refractivity contribution in [3.63, 3.8) is 0 Å². The fourth-order valence-electron chi connectivity index (χ4n) is 2.29. The normalized spacial score (nSPS) is 15.9. The first-order valence-corrected chi connectivity index (χ1v) is 7.95. The second-order valence-corrected chi connectivity index (χ2v) is 6.17. The lowest BCUT2D eigenvalue weighted by Crippen LogP contribution is -2.37. The Morgan fingerprint density at radius 2 is 2.09 bits per heavy atom. The van der Waals surface area contributed by atoms with Crippen LogP contribution in [0.1, 0.15) is 5.69 Å². The predicted octanol–water partition coefficient (Wildman–Crippen LogP) is 1.86. The Morgan fingerprint density at radius 3 is 2.77 bits per heavy atom. The number of aliphatic imine (C=N–C) groups is 1. The van der Waals surface area contributed by atoms with E-state index in [2.05, 4.69) is 30.8 Å². The summed E-state index contributed by atoms with van der Waals surface area (Å²) >= 11 is 3.56. The van der Waals surface area contributed by atoms with Crippen molar-refractivity contribution in [2.24, 2.45) is 4.99 Å². The maximum Gasteiger partial charge on any atom is 0.181 e. The number of imidazole rings is 1. The molecule has 3 heterocycles. The van der Waals surface area contributed by atoms with Crippen LogP contribution in [0.25, 0.3) is 5.65 Å². The van der Waals surface area contributed by atoms with E-state index < -0.39 is 0 Å². The van der Waals surface area contributed by atoms with E-state index in [1.807, 2.05) is 36.5 Å². The number of anilines is 1. The number of halogens is 1. The summed E-state index contributed by atoms with van der Waals surface area (Å²) in [7, 11) is 3.88. The van der Waals surface area contributed by atoms with E-state index in [-0.39, 0.29) is 0 Å². The molecular formula is C14H19BrN6O. The van der Waals surface area contributed by atoms with Crippen LogP contribution in [0.4, 0.5) is 11.5 Å². The fraction of sp³-hybridized carbons (Fsp3) is 0.500. The molecule has 0 radical (unpaired) electrons. The van der Waals surface area contributed by atoms with Crippen molar-refractivity contribution in [1.82, 2.24) is 19.5 Å². The van der Waals surface area contributed by atoms with Crippen LogP contribution in [0.5, 0.6) is 0 Å². The first-order chi connectivity index (χ1) is 10.6. The molecule has 2 aromatic heterocycles. The van der Waals surface area contributed by atoms with Gasteiger partial charge in [0, 0.05) is 33.3 Å². The maximum atomic E-state index is 5.41. The van der Waals surface area contributed by atoms with Crippen LogP contribution in [0.2, 0.25) is 0 Å². The molecule has 0 aliphatic carbocycles. The highest BCUT2D eigenvalue weighted by molar-refractivity contribution is 9.10. The van der Waals surface area contributed by atoms with E-state index in [0.717, 1.165) is 53.8 Å². The zero-order chi connectivity index (χ0) is 15.7. The zero-order valence-corrected chi connectivity index (χ0v) is 14.5. The molecule has 1 aliphatic rings. The SMILES string of the molecule is Cc1nc2c(/N=C/N(C)C)cc(N3CCOCC3)nn2c1Br. The van der Waals surface area contributed by atoms with Crippen molar-refractivity contribution in [3.05, 3.63) is 16.4 Å². The average molecular weight is 367 g/mol. The fourth-order valence-corrected chi connectivity index (χ4v) is 2.63. The van der Waals surface area contributed by atoms with Gasteiger partial charge in [-0.05, 0) is 22.9 Å². The number of hydrogen-bond donors (Lipinski definition) is 0. The Balaban J connectivity index is 2.11. The van der Waals surface area contributed by atoms with Gasteiger partial charge in [0.15, 0.2) is 11.5 Å². The van der Waals surface area contributed by atoms with Crippen molar-refractivity contribution in [2.75, 3.05) is 45.3 Å². The molecule has 0 amide bonds. The maximum absolute atomic E-state index is 5.41. The molecule has 22 heavy (non-hydrogen) atoms. The molecule has 0 unspecified atom stereocenters. The molecule has 0 atom stereocenters. The van der Waals surface area contributed by atoms with E-state index >= 15 is 0 Å². The Labute approximate surface area is 137 Å². The van der Waals surface area contributed by atoms with E-state index in [9.17, 15) is 0 Å². The molecule has 0 bridgehead atoms. The van der Waals surface area contributed by atoms with Crippen LogP contribution < -0.4 is 4.90 Å². The largest absolute Gasteiger partial charge is 0.378 e. The molecule has 118 valence electrons. The summed E-state index contributed by atoms with van der Waals surface area (Å²) in [6.45, 7) is 5.06. The van der Waals surface area contributed by atoms with Gasteiger partial charge in [0.2, 0.25) is 0 Å². The Hall–Kier alpha value is -1.67. The second kappa shape index (κ2) is 6.21. The van der Waals surface area contributed by atoms with Crippen LogP contribution in [-0.4, -0.2) is 66.2 Å².